The van der Waals surface area contributed by atoms with Crippen molar-refractivity contribution >= 4 is 5.96 Å². The Morgan fingerprint density at radius 2 is 1.81 bits per heavy atom. The van der Waals surface area contributed by atoms with Crippen LogP contribution in [-0.2, 0) is 6.54 Å². The molecule has 2 N–H and O–H groups in total. The van der Waals surface area contributed by atoms with Crippen LogP contribution in [-0.4, -0.2) is 33.8 Å². The van der Waals surface area contributed by atoms with Gasteiger partial charge >= 0.3 is 0 Å². The maximum absolute atomic E-state index is 5.35. The standard InChI is InChI=1S/C21H27N3O2/c1-22-21(23-13-15-9-10-19(25-2)20(11-15)26-3)24-14-17-12-18(17)16-7-5-4-6-8-16/h4-11,17-18H,12-14H2,1-3H3,(H2,22,23,24). The number of aliphatic imine (C=N–C) groups is 1. The topological polar surface area (TPSA) is 54.9 Å². The molecule has 1 aliphatic rings. The maximum Gasteiger partial charge on any atom is 0.191 e. The van der Waals surface area contributed by atoms with Crippen LogP contribution in [0.2, 0.25) is 0 Å². The first-order valence-electron chi connectivity index (χ1n) is 8.95. The molecule has 2 unspecified atom stereocenters. The molecule has 0 aliphatic heterocycles. The van der Waals surface area contributed by atoms with Crippen LogP contribution in [0, 0.1) is 5.92 Å². The van der Waals surface area contributed by atoms with E-state index in [-0.39, 0.29) is 0 Å². The van der Waals surface area contributed by atoms with Gasteiger partial charge in [0.05, 0.1) is 14.2 Å². The number of ether oxygens (including phenoxy) is 2. The molecular weight excluding hydrogens is 326 g/mol. The number of guanidine groups is 1. The Morgan fingerprint density at radius 1 is 1.04 bits per heavy atom. The van der Waals surface area contributed by atoms with Gasteiger partial charge in [-0.1, -0.05) is 36.4 Å². The van der Waals surface area contributed by atoms with Crippen molar-refractivity contribution in [1.29, 1.82) is 0 Å². The largest absolute Gasteiger partial charge is 0.493 e. The Morgan fingerprint density at radius 3 is 2.50 bits per heavy atom. The minimum absolute atomic E-state index is 0.673. The Hall–Kier alpha value is -2.69. The van der Waals surface area contributed by atoms with Gasteiger partial charge in [0.1, 0.15) is 0 Å². The Kier molecular flexibility index (Phi) is 6.00. The predicted molar refractivity (Wildman–Crippen MR) is 105 cm³/mol. The van der Waals surface area contributed by atoms with Crippen LogP contribution in [0.15, 0.2) is 53.5 Å². The molecule has 0 bridgehead atoms. The summed E-state index contributed by atoms with van der Waals surface area (Å²) in [5.41, 5.74) is 2.55. The molecule has 5 nitrogen and oxygen atoms in total. The smallest absolute Gasteiger partial charge is 0.191 e. The third-order valence-corrected chi connectivity index (χ3v) is 4.81. The SMILES string of the molecule is CN=C(NCc1ccc(OC)c(OC)c1)NCC1CC1c1ccccc1. The number of rotatable bonds is 7. The van der Waals surface area contributed by atoms with E-state index >= 15 is 0 Å². The van der Waals surface area contributed by atoms with Crippen LogP contribution in [0.25, 0.3) is 0 Å². The molecule has 0 amide bonds. The molecule has 1 fully saturated rings. The summed E-state index contributed by atoms with van der Waals surface area (Å²) < 4.78 is 10.6. The molecular formula is C21H27N3O2. The number of nitrogens with one attached hydrogen (secondary N) is 2. The average molecular weight is 353 g/mol. The number of hydrogen-bond donors (Lipinski definition) is 2. The van der Waals surface area contributed by atoms with Gasteiger partial charge < -0.3 is 20.1 Å². The minimum atomic E-state index is 0.673. The molecule has 0 aromatic heterocycles. The molecule has 5 heteroatoms. The van der Waals surface area contributed by atoms with Gasteiger partial charge in [-0.3, -0.25) is 4.99 Å². The minimum Gasteiger partial charge on any atom is -0.493 e. The first-order chi connectivity index (χ1) is 12.7. The van der Waals surface area contributed by atoms with E-state index in [0.29, 0.717) is 18.4 Å². The van der Waals surface area contributed by atoms with Crippen molar-refractivity contribution < 1.29 is 9.47 Å². The second-order valence-electron chi connectivity index (χ2n) is 6.51. The lowest BCUT2D eigenvalue weighted by Crippen LogP contribution is -2.38. The molecule has 1 aliphatic carbocycles. The van der Waals surface area contributed by atoms with Crippen LogP contribution >= 0.6 is 0 Å². The third kappa shape index (κ3) is 4.48. The van der Waals surface area contributed by atoms with Crippen molar-refractivity contribution in [2.24, 2.45) is 10.9 Å². The highest BCUT2D eigenvalue weighted by Gasteiger charge is 2.37. The molecule has 3 rings (SSSR count). The van der Waals surface area contributed by atoms with Gasteiger partial charge in [0.2, 0.25) is 0 Å². The highest BCUT2D eigenvalue weighted by atomic mass is 16.5. The summed E-state index contributed by atoms with van der Waals surface area (Å²) in [5.74, 6) is 3.64. The molecule has 0 radical (unpaired) electrons. The normalized spacial score (nSPS) is 19.0. The predicted octanol–water partition coefficient (Wildman–Crippen LogP) is 3.17. The summed E-state index contributed by atoms with van der Waals surface area (Å²) in [6, 6.07) is 16.6. The number of benzene rings is 2. The molecule has 2 aromatic carbocycles. The molecule has 2 aromatic rings. The molecule has 2 atom stereocenters. The van der Waals surface area contributed by atoms with Gasteiger partial charge in [0.25, 0.3) is 0 Å². The molecule has 1 saturated carbocycles. The van der Waals surface area contributed by atoms with Crippen molar-refractivity contribution in [1.82, 2.24) is 10.6 Å². The molecule has 0 spiro atoms. The highest BCUT2D eigenvalue weighted by Crippen LogP contribution is 2.46. The molecule has 0 saturated heterocycles. The quantitative estimate of drug-likeness (QED) is 0.593. The summed E-state index contributed by atoms with van der Waals surface area (Å²) in [6.07, 6.45) is 1.24. The van der Waals surface area contributed by atoms with Crippen molar-refractivity contribution in [2.45, 2.75) is 18.9 Å². The Labute approximate surface area is 155 Å². The number of hydrogen-bond acceptors (Lipinski definition) is 3. The fourth-order valence-electron chi connectivity index (χ4n) is 3.21. The second-order valence-corrected chi connectivity index (χ2v) is 6.51. The van der Waals surface area contributed by atoms with E-state index in [0.717, 1.165) is 29.6 Å². The van der Waals surface area contributed by atoms with E-state index in [1.165, 1.54) is 12.0 Å². The molecule has 26 heavy (non-hydrogen) atoms. The summed E-state index contributed by atoms with van der Waals surface area (Å²) in [5, 5.41) is 6.79. The molecule has 0 heterocycles. The lowest BCUT2D eigenvalue weighted by molar-refractivity contribution is 0.354. The summed E-state index contributed by atoms with van der Waals surface area (Å²) in [4.78, 5) is 4.32. The van der Waals surface area contributed by atoms with E-state index in [1.807, 2.05) is 18.2 Å². The Balaban J connectivity index is 1.47. The van der Waals surface area contributed by atoms with E-state index in [1.54, 1.807) is 21.3 Å². The van der Waals surface area contributed by atoms with Gasteiger partial charge in [-0.15, -0.1) is 0 Å². The lowest BCUT2D eigenvalue weighted by Gasteiger charge is -2.13. The van der Waals surface area contributed by atoms with Crippen LogP contribution < -0.4 is 20.1 Å². The van der Waals surface area contributed by atoms with Crippen LogP contribution in [0.3, 0.4) is 0 Å². The fourth-order valence-corrected chi connectivity index (χ4v) is 3.21. The second kappa shape index (κ2) is 8.61. The van der Waals surface area contributed by atoms with Gasteiger partial charge in [0.15, 0.2) is 17.5 Å². The van der Waals surface area contributed by atoms with Gasteiger partial charge in [-0.05, 0) is 41.5 Å². The van der Waals surface area contributed by atoms with Crippen molar-refractivity contribution in [3.8, 4) is 11.5 Å². The first-order valence-corrected chi connectivity index (χ1v) is 8.95. The van der Waals surface area contributed by atoms with E-state index in [2.05, 4.69) is 46.0 Å². The van der Waals surface area contributed by atoms with Crippen LogP contribution in [0.4, 0.5) is 0 Å². The lowest BCUT2D eigenvalue weighted by atomic mass is 10.1. The Bertz CT molecular complexity index is 746. The monoisotopic (exact) mass is 353 g/mol. The molecule has 138 valence electrons. The first kappa shape index (κ1) is 18.1. The van der Waals surface area contributed by atoms with E-state index < -0.39 is 0 Å². The van der Waals surface area contributed by atoms with E-state index in [9.17, 15) is 0 Å². The van der Waals surface area contributed by atoms with E-state index in [4.69, 9.17) is 9.47 Å². The highest BCUT2D eigenvalue weighted by molar-refractivity contribution is 5.79. The number of nitrogens with zero attached hydrogens (tertiary/aromatic N) is 1. The van der Waals surface area contributed by atoms with Crippen molar-refractivity contribution in [3.05, 3.63) is 59.7 Å². The van der Waals surface area contributed by atoms with Gasteiger partial charge in [0, 0.05) is 20.1 Å². The maximum atomic E-state index is 5.35. The zero-order valence-corrected chi connectivity index (χ0v) is 15.7. The van der Waals surface area contributed by atoms with Crippen LogP contribution in [0.1, 0.15) is 23.5 Å². The van der Waals surface area contributed by atoms with Crippen molar-refractivity contribution in [2.75, 3.05) is 27.8 Å². The van der Waals surface area contributed by atoms with Gasteiger partial charge in [-0.2, -0.15) is 0 Å². The van der Waals surface area contributed by atoms with Crippen LogP contribution in [0.5, 0.6) is 11.5 Å². The zero-order chi connectivity index (χ0) is 18.4. The third-order valence-electron chi connectivity index (χ3n) is 4.81. The summed E-state index contributed by atoms with van der Waals surface area (Å²) >= 11 is 0. The van der Waals surface area contributed by atoms with Gasteiger partial charge in [-0.25, -0.2) is 0 Å². The number of methoxy groups -OCH3 is 2. The zero-order valence-electron chi connectivity index (χ0n) is 15.7. The van der Waals surface area contributed by atoms with Crippen molar-refractivity contribution in [3.63, 3.8) is 0 Å². The average Bonchev–Trinajstić information content (AvgIpc) is 3.48. The summed E-state index contributed by atoms with van der Waals surface area (Å²) in [6.45, 7) is 1.61. The fraction of sp³-hybridized carbons (Fsp3) is 0.381. The summed E-state index contributed by atoms with van der Waals surface area (Å²) in [7, 11) is 5.09.